The molecule has 7 heteroatoms. The summed E-state index contributed by atoms with van der Waals surface area (Å²) in [7, 11) is 0. The molecule has 0 aliphatic heterocycles. The summed E-state index contributed by atoms with van der Waals surface area (Å²) in [5, 5.41) is 3.44. The highest BCUT2D eigenvalue weighted by Crippen LogP contribution is 2.28. The number of halogens is 3. The molecule has 0 amide bonds. The van der Waals surface area contributed by atoms with Gasteiger partial charge in [0.2, 0.25) is 0 Å². The Bertz CT molecular complexity index is 839. The van der Waals surface area contributed by atoms with Crippen molar-refractivity contribution in [2.45, 2.75) is 0 Å². The Hall–Kier alpha value is -2.28. The number of nitrogens with one attached hydrogen (secondary N) is 1. The molecule has 0 spiro atoms. The summed E-state index contributed by atoms with van der Waals surface area (Å²) in [6.07, 6.45) is 1.33. The van der Waals surface area contributed by atoms with Gasteiger partial charge in [-0.2, -0.15) is 0 Å². The van der Waals surface area contributed by atoms with Crippen LogP contribution in [0, 0.1) is 11.6 Å². The van der Waals surface area contributed by atoms with Crippen molar-refractivity contribution in [3.8, 4) is 0 Å². The first-order valence-corrected chi connectivity index (χ1v) is 6.75. The van der Waals surface area contributed by atoms with Crippen LogP contribution in [0.2, 0.25) is 0 Å². The van der Waals surface area contributed by atoms with E-state index in [0.29, 0.717) is 22.4 Å². The summed E-state index contributed by atoms with van der Waals surface area (Å²) < 4.78 is 27.4. The van der Waals surface area contributed by atoms with Gasteiger partial charge in [0, 0.05) is 17.1 Å². The van der Waals surface area contributed by atoms with E-state index in [4.69, 9.17) is 5.73 Å². The van der Waals surface area contributed by atoms with E-state index in [9.17, 15) is 8.78 Å². The van der Waals surface area contributed by atoms with Gasteiger partial charge < -0.3 is 11.1 Å². The fourth-order valence-electron chi connectivity index (χ4n) is 1.92. The smallest absolute Gasteiger partial charge is 0.148 e. The molecule has 0 aliphatic carbocycles. The topological polar surface area (TPSA) is 63.8 Å². The zero-order chi connectivity index (χ0) is 15.0. The van der Waals surface area contributed by atoms with Crippen LogP contribution in [0.25, 0.3) is 10.9 Å². The molecular weight excluding hydrogens is 342 g/mol. The van der Waals surface area contributed by atoms with E-state index in [0.717, 1.165) is 12.1 Å². The predicted octanol–water partition coefficient (Wildman–Crippen LogP) is 4.00. The van der Waals surface area contributed by atoms with E-state index in [1.807, 2.05) is 0 Å². The van der Waals surface area contributed by atoms with Crippen molar-refractivity contribution in [1.29, 1.82) is 0 Å². The minimum atomic E-state index is -0.592. The lowest BCUT2D eigenvalue weighted by atomic mass is 10.2. The molecule has 4 nitrogen and oxygen atoms in total. The van der Waals surface area contributed by atoms with Crippen LogP contribution in [0.4, 0.5) is 26.0 Å². The summed E-state index contributed by atoms with van der Waals surface area (Å²) in [5.74, 6) is -0.785. The van der Waals surface area contributed by atoms with Crippen LogP contribution in [0.3, 0.4) is 0 Å². The third kappa shape index (κ3) is 2.64. The van der Waals surface area contributed by atoms with Crippen LogP contribution in [-0.2, 0) is 0 Å². The summed E-state index contributed by atoms with van der Waals surface area (Å²) in [5.41, 5.74) is 6.86. The molecule has 0 saturated heterocycles. The molecule has 3 aromatic rings. The zero-order valence-corrected chi connectivity index (χ0v) is 12.2. The minimum absolute atomic E-state index is 0.00692. The molecule has 3 rings (SSSR count). The van der Waals surface area contributed by atoms with E-state index in [1.54, 1.807) is 18.2 Å². The molecule has 1 aromatic heterocycles. The van der Waals surface area contributed by atoms with Crippen molar-refractivity contribution in [1.82, 2.24) is 9.97 Å². The second kappa shape index (κ2) is 5.25. The lowest BCUT2D eigenvalue weighted by molar-refractivity contribution is 0.598. The van der Waals surface area contributed by atoms with E-state index < -0.39 is 11.6 Å². The van der Waals surface area contributed by atoms with Crippen LogP contribution in [0.1, 0.15) is 0 Å². The highest BCUT2D eigenvalue weighted by Gasteiger charge is 2.11. The number of nitrogens with two attached hydrogens (primary N) is 1. The first-order valence-electron chi connectivity index (χ1n) is 5.96. The average molecular weight is 351 g/mol. The maximum absolute atomic E-state index is 13.9. The van der Waals surface area contributed by atoms with Crippen LogP contribution in [0.15, 0.2) is 41.1 Å². The van der Waals surface area contributed by atoms with Crippen molar-refractivity contribution in [2.75, 3.05) is 11.1 Å². The highest BCUT2D eigenvalue weighted by molar-refractivity contribution is 9.10. The first kappa shape index (κ1) is 13.7. The molecule has 0 bridgehead atoms. The summed E-state index contributed by atoms with van der Waals surface area (Å²) in [4.78, 5) is 8.15. The van der Waals surface area contributed by atoms with Crippen molar-refractivity contribution >= 4 is 44.0 Å². The zero-order valence-electron chi connectivity index (χ0n) is 10.6. The predicted molar refractivity (Wildman–Crippen MR) is 81.3 cm³/mol. The quantitative estimate of drug-likeness (QED) is 0.541. The fourth-order valence-corrected chi connectivity index (χ4v) is 2.24. The Balaban J connectivity index is 2.08. The molecule has 0 fully saturated rings. The van der Waals surface area contributed by atoms with Crippen LogP contribution < -0.4 is 11.1 Å². The second-order valence-corrected chi connectivity index (χ2v) is 5.22. The van der Waals surface area contributed by atoms with Gasteiger partial charge in [-0.15, -0.1) is 0 Å². The van der Waals surface area contributed by atoms with Crippen molar-refractivity contribution < 1.29 is 8.78 Å². The van der Waals surface area contributed by atoms with E-state index in [2.05, 4.69) is 31.2 Å². The van der Waals surface area contributed by atoms with Gasteiger partial charge in [-0.25, -0.2) is 18.7 Å². The van der Waals surface area contributed by atoms with Crippen molar-refractivity contribution in [3.05, 3.63) is 52.8 Å². The monoisotopic (exact) mass is 350 g/mol. The molecule has 0 aliphatic rings. The molecule has 0 radical (unpaired) electrons. The summed E-state index contributed by atoms with van der Waals surface area (Å²) in [6.45, 7) is 0. The Labute approximate surface area is 127 Å². The third-order valence-electron chi connectivity index (χ3n) is 2.92. The van der Waals surface area contributed by atoms with Gasteiger partial charge in [-0.1, -0.05) is 0 Å². The fraction of sp³-hybridized carbons (Fsp3) is 0. The van der Waals surface area contributed by atoms with Crippen LogP contribution in [0.5, 0.6) is 0 Å². The van der Waals surface area contributed by atoms with E-state index in [1.165, 1.54) is 6.33 Å². The molecule has 0 unspecified atom stereocenters. The van der Waals surface area contributed by atoms with E-state index in [-0.39, 0.29) is 10.2 Å². The molecule has 1 heterocycles. The van der Waals surface area contributed by atoms with Crippen molar-refractivity contribution in [2.24, 2.45) is 0 Å². The lowest BCUT2D eigenvalue weighted by Gasteiger charge is -2.10. The SMILES string of the molecule is Nc1ccc2c(Nc3cc(F)c(Br)cc3F)ncnc2c1. The minimum Gasteiger partial charge on any atom is -0.399 e. The Morgan fingerprint density at radius 3 is 2.67 bits per heavy atom. The molecular formula is C14H9BrF2N4. The Morgan fingerprint density at radius 2 is 1.86 bits per heavy atom. The number of rotatable bonds is 2. The maximum Gasteiger partial charge on any atom is 0.148 e. The van der Waals surface area contributed by atoms with Gasteiger partial charge in [0.05, 0.1) is 15.7 Å². The number of anilines is 3. The number of fused-ring (bicyclic) bond motifs is 1. The van der Waals surface area contributed by atoms with Crippen LogP contribution >= 0.6 is 15.9 Å². The number of benzene rings is 2. The standard InChI is InChI=1S/C14H9BrF2N4/c15-9-4-11(17)13(5-10(9)16)21-14-8-2-1-7(18)3-12(8)19-6-20-14/h1-6H,18H2,(H,19,20,21). The number of hydrogen-bond acceptors (Lipinski definition) is 4. The number of hydrogen-bond donors (Lipinski definition) is 2. The number of nitrogens with zero attached hydrogens (tertiary/aromatic N) is 2. The maximum atomic E-state index is 13.9. The normalized spacial score (nSPS) is 10.8. The molecule has 106 valence electrons. The van der Waals surface area contributed by atoms with Gasteiger partial charge in [0.15, 0.2) is 0 Å². The van der Waals surface area contributed by atoms with Gasteiger partial charge >= 0.3 is 0 Å². The van der Waals surface area contributed by atoms with Gasteiger partial charge in [-0.05, 0) is 40.2 Å². The molecule has 3 N–H and O–H groups in total. The lowest BCUT2D eigenvalue weighted by Crippen LogP contribution is -1.99. The Morgan fingerprint density at radius 1 is 1.05 bits per heavy atom. The third-order valence-corrected chi connectivity index (χ3v) is 3.53. The van der Waals surface area contributed by atoms with Crippen molar-refractivity contribution in [3.63, 3.8) is 0 Å². The first-order chi connectivity index (χ1) is 10.0. The Kier molecular flexibility index (Phi) is 3.42. The highest BCUT2D eigenvalue weighted by atomic mass is 79.9. The largest absolute Gasteiger partial charge is 0.399 e. The average Bonchev–Trinajstić information content (AvgIpc) is 2.44. The van der Waals surface area contributed by atoms with E-state index >= 15 is 0 Å². The molecule has 0 saturated carbocycles. The molecule has 0 atom stereocenters. The second-order valence-electron chi connectivity index (χ2n) is 4.37. The number of aromatic nitrogens is 2. The van der Waals surface area contributed by atoms with Gasteiger partial charge in [-0.3, -0.25) is 0 Å². The van der Waals surface area contributed by atoms with Gasteiger partial charge in [0.25, 0.3) is 0 Å². The molecule has 2 aromatic carbocycles. The molecule has 21 heavy (non-hydrogen) atoms. The summed E-state index contributed by atoms with van der Waals surface area (Å²) in [6, 6.07) is 7.21. The van der Waals surface area contributed by atoms with Gasteiger partial charge in [0.1, 0.15) is 23.8 Å². The van der Waals surface area contributed by atoms with Crippen LogP contribution in [-0.4, -0.2) is 9.97 Å². The number of nitrogen functional groups attached to an aromatic ring is 1. The summed E-state index contributed by atoms with van der Waals surface area (Å²) >= 11 is 2.93.